The van der Waals surface area contributed by atoms with Crippen LogP contribution >= 0.6 is 11.8 Å². The Hall–Kier alpha value is -0.470. The summed E-state index contributed by atoms with van der Waals surface area (Å²) in [6, 6.07) is -0.540. The van der Waals surface area contributed by atoms with Crippen molar-refractivity contribution >= 4 is 17.7 Å². The quantitative estimate of drug-likeness (QED) is 0.815. The standard InChI is InChI=1S/C11H20F3N3OS/c1-19-7-2-9(15)10(18)17-5-3-16(4-6-17)8-11(12,13)14/h9H,2-8,15H2,1H3/t9-/m1/s1. The van der Waals surface area contributed by atoms with Crippen molar-refractivity contribution in [2.24, 2.45) is 5.73 Å². The number of amides is 1. The van der Waals surface area contributed by atoms with E-state index in [1.165, 1.54) is 4.90 Å². The monoisotopic (exact) mass is 299 g/mol. The largest absolute Gasteiger partial charge is 0.401 e. The average Bonchev–Trinajstić information content (AvgIpc) is 2.34. The van der Waals surface area contributed by atoms with Gasteiger partial charge < -0.3 is 10.6 Å². The van der Waals surface area contributed by atoms with Gasteiger partial charge in [0.2, 0.25) is 5.91 Å². The summed E-state index contributed by atoms with van der Waals surface area (Å²) in [5.41, 5.74) is 5.77. The summed E-state index contributed by atoms with van der Waals surface area (Å²) >= 11 is 1.62. The molecule has 2 N–H and O–H groups in total. The number of halogens is 3. The van der Waals surface area contributed by atoms with Crippen LogP contribution in [-0.2, 0) is 4.79 Å². The number of hydrogen-bond acceptors (Lipinski definition) is 4. The Balaban J connectivity index is 2.34. The highest BCUT2D eigenvalue weighted by molar-refractivity contribution is 7.98. The second-order valence-corrected chi connectivity index (χ2v) is 5.59. The van der Waals surface area contributed by atoms with Crippen LogP contribution in [0.15, 0.2) is 0 Å². The summed E-state index contributed by atoms with van der Waals surface area (Å²) in [7, 11) is 0. The Bertz CT molecular complexity index is 293. The number of alkyl halides is 3. The third kappa shape index (κ3) is 6.01. The lowest BCUT2D eigenvalue weighted by atomic mass is 10.2. The molecule has 0 aromatic carbocycles. The fourth-order valence-electron chi connectivity index (χ4n) is 1.98. The normalized spacial score (nSPS) is 19.5. The van der Waals surface area contributed by atoms with E-state index in [0.717, 1.165) is 5.75 Å². The molecule has 0 unspecified atom stereocenters. The van der Waals surface area contributed by atoms with Gasteiger partial charge in [-0.1, -0.05) is 0 Å². The lowest BCUT2D eigenvalue weighted by Crippen LogP contribution is -2.54. The van der Waals surface area contributed by atoms with Gasteiger partial charge in [0.05, 0.1) is 12.6 Å². The van der Waals surface area contributed by atoms with Gasteiger partial charge in [-0.05, 0) is 18.4 Å². The third-order valence-electron chi connectivity index (χ3n) is 3.04. The topological polar surface area (TPSA) is 49.6 Å². The predicted octanol–water partition coefficient (Wildman–Crippen LogP) is 0.773. The molecule has 1 fully saturated rings. The Morgan fingerprint density at radius 1 is 1.32 bits per heavy atom. The Kier molecular flexibility index (Phi) is 6.41. The molecule has 0 aliphatic carbocycles. The van der Waals surface area contributed by atoms with Crippen molar-refractivity contribution in [3.8, 4) is 0 Å². The Morgan fingerprint density at radius 2 is 1.89 bits per heavy atom. The van der Waals surface area contributed by atoms with Gasteiger partial charge in [0.15, 0.2) is 0 Å². The first-order chi connectivity index (χ1) is 8.83. The maximum atomic E-state index is 12.2. The molecule has 0 bridgehead atoms. The van der Waals surface area contributed by atoms with Gasteiger partial charge in [-0.25, -0.2) is 0 Å². The molecule has 0 saturated carbocycles. The lowest BCUT2D eigenvalue weighted by Gasteiger charge is -2.36. The van der Waals surface area contributed by atoms with Crippen LogP contribution in [0.2, 0.25) is 0 Å². The van der Waals surface area contributed by atoms with E-state index < -0.39 is 18.8 Å². The van der Waals surface area contributed by atoms with Crippen molar-refractivity contribution in [1.29, 1.82) is 0 Å². The number of carbonyl (C=O) groups is 1. The smallest absolute Gasteiger partial charge is 0.339 e. The van der Waals surface area contributed by atoms with Gasteiger partial charge in [-0.2, -0.15) is 24.9 Å². The second kappa shape index (κ2) is 7.35. The van der Waals surface area contributed by atoms with E-state index in [1.54, 1.807) is 16.7 Å². The van der Waals surface area contributed by atoms with E-state index in [-0.39, 0.29) is 19.0 Å². The van der Waals surface area contributed by atoms with E-state index in [1.807, 2.05) is 6.26 Å². The Morgan fingerprint density at radius 3 is 2.37 bits per heavy atom. The molecule has 0 spiro atoms. The zero-order chi connectivity index (χ0) is 14.5. The first-order valence-electron chi connectivity index (χ1n) is 6.16. The van der Waals surface area contributed by atoms with E-state index in [0.29, 0.717) is 19.5 Å². The van der Waals surface area contributed by atoms with Gasteiger partial charge >= 0.3 is 6.18 Å². The van der Waals surface area contributed by atoms with Crippen LogP contribution in [0.25, 0.3) is 0 Å². The highest BCUT2D eigenvalue weighted by Gasteiger charge is 2.33. The molecule has 8 heteroatoms. The van der Waals surface area contributed by atoms with Crippen molar-refractivity contribution < 1.29 is 18.0 Å². The molecule has 4 nitrogen and oxygen atoms in total. The first kappa shape index (κ1) is 16.6. The molecule has 0 radical (unpaired) electrons. The summed E-state index contributed by atoms with van der Waals surface area (Å²) in [6.07, 6.45) is -1.64. The highest BCUT2D eigenvalue weighted by Crippen LogP contribution is 2.17. The summed E-state index contributed by atoms with van der Waals surface area (Å²) in [4.78, 5) is 14.8. The summed E-state index contributed by atoms with van der Waals surface area (Å²) in [6.45, 7) is 0.234. The zero-order valence-corrected chi connectivity index (χ0v) is 11.8. The van der Waals surface area contributed by atoms with Crippen molar-refractivity contribution in [3.63, 3.8) is 0 Å². The number of carbonyl (C=O) groups excluding carboxylic acids is 1. The minimum Gasteiger partial charge on any atom is -0.339 e. The summed E-state index contributed by atoms with van der Waals surface area (Å²) < 4.78 is 36.7. The Labute approximate surface area is 115 Å². The maximum Gasteiger partial charge on any atom is 0.401 e. The van der Waals surface area contributed by atoms with Crippen LogP contribution in [0, 0.1) is 0 Å². The number of nitrogens with two attached hydrogens (primary N) is 1. The molecule has 1 aliphatic heterocycles. The minimum atomic E-state index is -4.18. The minimum absolute atomic E-state index is 0.152. The summed E-state index contributed by atoms with van der Waals surface area (Å²) in [5, 5.41) is 0. The van der Waals surface area contributed by atoms with Gasteiger partial charge in [0, 0.05) is 26.2 Å². The molecule has 1 aliphatic rings. The fraction of sp³-hybridized carbons (Fsp3) is 0.909. The van der Waals surface area contributed by atoms with Gasteiger partial charge in [0.1, 0.15) is 0 Å². The van der Waals surface area contributed by atoms with Crippen molar-refractivity contribution in [1.82, 2.24) is 9.80 Å². The van der Waals surface area contributed by atoms with Crippen molar-refractivity contribution in [3.05, 3.63) is 0 Å². The van der Waals surface area contributed by atoms with Crippen LogP contribution in [-0.4, -0.2) is 72.7 Å². The van der Waals surface area contributed by atoms with Crippen molar-refractivity contribution in [2.45, 2.75) is 18.6 Å². The van der Waals surface area contributed by atoms with Crippen LogP contribution < -0.4 is 5.73 Å². The predicted molar refractivity (Wildman–Crippen MR) is 70.0 cm³/mol. The molecule has 1 heterocycles. The van der Waals surface area contributed by atoms with E-state index >= 15 is 0 Å². The SMILES string of the molecule is CSCC[C@@H](N)C(=O)N1CCN(CC(F)(F)F)CC1. The average molecular weight is 299 g/mol. The number of nitrogens with zero attached hydrogens (tertiary/aromatic N) is 2. The highest BCUT2D eigenvalue weighted by atomic mass is 32.2. The zero-order valence-electron chi connectivity index (χ0n) is 10.9. The molecule has 112 valence electrons. The molecular formula is C11H20F3N3OS. The molecule has 1 saturated heterocycles. The van der Waals surface area contributed by atoms with E-state index in [4.69, 9.17) is 5.73 Å². The number of hydrogen-bond donors (Lipinski definition) is 1. The van der Waals surface area contributed by atoms with Crippen LogP contribution in [0.3, 0.4) is 0 Å². The number of rotatable bonds is 5. The van der Waals surface area contributed by atoms with Gasteiger partial charge in [-0.15, -0.1) is 0 Å². The molecule has 0 aromatic heterocycles. The molecule has 0 aromatic rings. The lowest BCUT2D eigenvalue weighted by molar-refractivity contribution is -0.152. The first-order valence-corrected chi connectivity index (χ1v) is 7.55. The fourth-order valence-corrected chi connectivity index (χ4v) is 2.47. The van der Waals surface area contributed by atoms with Gasteiger partial charge in [-0.3, -0.25) is 9.69 Å². The molecule has 1 rings (SSSR count). The third-order valence-corrected chi connectivity index (χ3v) is 3.68. The van der Waals surface area contributed by atoms with Gasteiger partial charge in [0.25, 0.3) is 0 Å². The van der Waals surface area contributed by atoms with Crippen molar-refractivity contribution in [2.75, 3.05) is 44.7 Å². The second-order valence-electron chi connectivity index (χ2n) is 4.60. The number of thioether (sulfide) groups is 1. The molecule has 1 atom stereocenters. The van der Waals surface area contributed by atoms with E-state index in [9.17, 15) is 18.0 Å². The molecule has 1 amide bonds. The number of piperazine rings is 1. The summed E-state index contributed by atoms with van der Waals surface area (Å²) in [5.74, 6) is 0.654. The molecular weight excluding hydrogens is 279 g/mol. The molecule has 19 heavy (non-hydrogen) atoms. The van der Waals surface area contributed by atoms with Crippen LogP contribution in [0.1, 0.15) is 6.42 Å². The van der Waals surface area contributed by atoms with E-state index in [2.05, 4.69) is 0 Å². The van der Waals surface area contributed by atoms with Crippen LogP contribution in [0.5, 0.6) is 0 Å². The maximum absolute atomic E-state index is 12.2. The van der Waals surface area contributed by atoms with Crippen LogP contribution in [0.4, 0.5) is 13.2 Å².